The van der Waals surface area contributed by atoms with Crippen molar-refractivity contribution in [1.82, 2.24) is 10.6 Å². The number of hydrogen-bond acceptors (Lipinski definition) is 4. The molecule has 0 unspecified atom stereocenters. The van der Waals surface area contributed by atoms with Crippen LogP contribution in [0.5, 0.6) is 0 Å². The summed E-state index contributed by atoms with van der Waals surface area (Å²) in [5.41, 5.74) is 0. The maximum Gasteiger partial charge on any atom is 0.304 e. The van der Waals surface area contributed by atoms with E-state index < -0.39 is 11.9 Å². The Balaban J connectivity index is 2.99. The summed E-state index contributed by atoms with van der Waals surface area (Å²) in [5.74, 6) is -1.54. The number of rotatable bonds is 13. The SMILES string of the molecule is O=C(O)CCNCCCCCCNCCC(=O)O. The van der Waals surface area contributed by atoms with Gasteiger partial charge in [0.15, 0.2) is 0 Å². The molecule has 0 saturated carbocycles. The second-order valence-corrected chi connectivity index (χ2v) is 4.20. The summed E-state index contributed by atoms with van der Waals surface area (Å²) in [7, 11) is 0. The highest BCUT2D eigenvalue weighted by atomic mass is 16.4. The number of unbranched alkanes of at least 4 members (excludes halogenated alkanes) is 3. The number of aliphatic carboxylic acids is 2. The van der Waals surface area contributed by atoms with E-state index in [9.17, 15) is 9.59 Å². The molecule has 6 heteroatoms. The van der Waals surface area contributed by atoms with Crippen molar-refractivity contribution in [2.45, 2.75) is 38.5 Å². The van der Waals surface area contributed by atoms with Crippen LogP contribution in [-0.2, 0) is 9.59 Å². The third kappa shape index (κ3) is 14.9. The molecule has 0 amide bonds. The van der Waals surface area contributed by atoms with E-state index in [1.165, 1.54) is 0 Å². The number of carboxylic acid groups (broad SMARTS) is 2. The molecule has 0 heterocycles. The Morgan fingerprint density at radius 1 is 0.667 bits per heavy atom. The second kappa shape index (κ2) is 12.3. The average molecular weight is 260 g/mol. The third-order valence-electron chi connectivity index (χ3n) is 2.49. The molecule has 0 radical (unpaired) electrons. The molecule has 0 fully saturated rings. The van der Waals surface area contributed by atoms with Gasteiger partial charge in [-0.1, -0.05) is 12.8 Å². The molecule has 0 rings (SSSR count). The predicted molar refractivity (Wildman–Crippen MR) is 68.7 cm³/mol. The molecular weight excluding hydrogens is 236 g/mol. The van der Waals surface area contributed by atoms with E-state index in [4.69, 9.17) is 10.2 Å². The van der Waals surface area contributed by atoms with Crippen molar-refractivity contribution in [1.29, 1.82) is 0 Å². The fourth-order valence-corrected chi connectivity index (χ4v) is 1.49. The fraction of sp³-hybridized carbons (Fsp3) is 0.833. The highest BCUT2D eigenvalue weighted by Crippen LogP contribution is 1.97. The van der Waals surface area contributed by atoms with Crippen LogP contribution in [0.4, 0.5) is 0 Å². The fourth-order valence-electron chi connectivity index (χ4n) is 1.49. The Bertz CT molecular complexity index is 210. The minimum atomic E-state index is -0.769. The molecule has 18 heavy (non-hydrogen) atoms. The Morgan fingerprint density at radius 3 is 1.39 bits per heavy atom. The molecule has 0 bridgehead atoms. The first-order chi connectivity index (χ1) is 8.63. The summed E-state index contributed by atoms with van der Waals surface area (Å²) < 4.78 is 0. The molecule has 0 aliphatic rings. The smallest absolute Gasteiger partial charge is 0.304 e. The third-order valence-corrected chi connectivity index (χ3v) is 2.49. The molecule has 0 saturated heterocycles. The van der Waals surface area contributed by atoms with E-state index in [2.05, 4.69) is 10.6 Å². The van der Waals surface area contributed by atoms with Gasteiger partial charge in [-0.05, 0) is 25.9 Å². The normalized spacial score (nSPS) is 10.4. The van der Waals surface area contributed by atoms with E-state index in [1.54, 1.807) is 0 Å². The van der Waals surface area contributed by atoms with Gasteiger partial charge in [-0.2, -0.15) is 0 Å². The molecule has 0 aromatic carbocycles. The summed E-state index contributed by atoms with van der Waals surface area (Å²) in [6.07, 6.45) is 4.67. The Hall–Kier alpha value is -1.14. The minimum absolute atomic E-state index is 0.174. The van der Waals surface area contributed by atoms with E-state index in [0.717, 1.165) is 38.8 Å². The van der Waals surface area contributed by atoms with Gasteiger partial charge in [0.2, 0.25) is 0 Å². The van der Waals surface area contributed by atoms with Crippen LogP contribution in [0.2, 0.25) is 0 Å². The van der Waals surface area contributed by atoms with Crippen LogP contribution < -0.4 is 10.6 Å². The summed E-state index contributed by atoms with van der Waals surface area (Å²) in [6, 6.07) is 0. The zero-order valence-electron chi connectivity index (χ0n) is 10.8. The zero-order valence-corrected chi connectivity index (χ0v) is 10.8. The lowest BCUT2D eigenvalue weighted by atomic mass is 10.2. The Labute approximate surface area is 108 Å². The van der Waals surface area contributed by atoms with Gasteiger partial charge in [-0.3, -0.25) is 9.59 Å². The molecule has 0 spiro atoms. The van der Waals surface area contributed by atoms with E-state index in [1.807, 2.05) is 0 Å². The molecule has 0 atom stereocenters. The van der Waals surface area contributed by atoms with Gasteiger partial charge in [-0.15, -0.1) is 0 Å². The first-order valence-corrected chi connectivity index (χ1v) is 6.48. The summed E-state index contributed by atoms with van der Waals surface area (Å²) in [4.78, 5) is 20.4. The molecular formula is C12H24N2O4. The van der Waals surface area contributed by atoms with Gasteiger partial charge >= 0.3 is 11.9 Å². The second-order valence-electron chi connectivity index (χ2n) is 4.20. The van der Waals surface area contributed by atoms with Crippen LogP contribution in [0.3, 0.4) is 0 Å². The minimum Gasteiger partial charge on any atom is -0.481 e. The number of carbonyl (C=O) groups is 2. The van der Waals surface area contributed by atoms with Crippen molar-refractivity contribution in [3.63, 3.8) is 0 Å². The number of carboxylic acids is 2. The van der Waals surface area contributed by atoms with Gasteiger partial charge in [-0.25, -0.2) is 0 Å². The molecule has 4 N–H and O–H groups in total. The van der Waals surface area contributed by atoms with Crippen LogP contribution in [-0.4, -0.2) is 48.3 Å². The van der Waals surface area contributed by atoms with Gasteiger partial charge in [0, 0.05) is 13.1 Å². The largest absolute Gasteiger partial charge is 0.481 e. The average Bonchev–Trinajstić information content (AvgIpc) is 2.29. The molecule has 0 aliphatic carbocycles. The number of hydrogen-bond donors (Lipinski definition) is 4. The van der Waals surface area contributed by atoms with E-state index >= 15 is 0 Å². The Kier molecular flexibility index (Phi) is 11.5. The first kappa shape index (κ1) is 16.9. The lowest BCUT2D eigenvalue weighted by Gasteiger charge is -2.04. The topological polar surface area (TPSA) is 98.7 Å². The Morgan fingerprint density at radius 2 is 1.06 bits per heavy atom. The molecule has 0 aliphatic heterocycles. The summed E-state index contributed by atoms with van der Waals surface area (Å²) in [5, 5.41) is 23.0. The molecule has 6 nitrogen and oxygen atoms in total. The van der Waals surface area contributed by atoms with Crippen LogP contribution >= 0.6 is 0 Å². The van der Waals surface area contributed by atoms with Crippen LogP contribution in [0.1, 0.15) is 38.5 Å². The van der Waals surface area contributed by atoms with Crippen LogP contribution in [0.15, 0.2) is 0 Å². The summed E-state index contributed by atoms with van der Waals surface area (Å²) in [6.45, 7) is 2.79. The van der Waals surface area contributed by atoms with Crippen molar-refractivity contribution in [2.75, 3.05) is 26.2 Å². The van der Waals surface area contributed by atoms with Crippen molar-refractivity contribution in [3.8, 4) is 0 Å². The quantitative estimate of drug-likeness (QED) is 0.363. The maximum absolute atomic E-state index is 10.2. The lowest BCUT2D eigenvalue weighted by Crippen LogP contribution is -2.20. The highest BCUT2D eigenvalue weighted by molar-refractivity contribution is 5.67. The van der Waals surface area contributed by atoms with Gasteiger partial charge in [0.1, 0.15) is 0 Å². The van der Waals surface area contributed by atoms with Crippen molar-refractivity contribution in [3.05, 3.63) is 0 Å². The molecule has 0 aromatic heterocycles. The highest BCUT2D eigenvalue weighted by Gasteiger charge is 1.96. The van der Waals surface area contributed by atoms with Crippen LogP contribution in [0.25, 0.3) is 0 Å². The van der Waals surface area contributed by atoms with Crippen molar-refractivity contribution in [2.24, 2.45) is 0 Å². The maximum atomic E-state index is 10.2. The predicted octanol–water partition coefficient (Wildman–Crippen LogP) is 0.675. The monoisotopic (exact) mass is 260 g/mol. The van der Waals surface area contributed by atoms with Gasteiger partial charge < -0.3 is 20.8 Å². The van der Waals surface area contributed by atoms with Crippen molar-refractivity contribution >= 4 is 11.9 Å². The summed E-state index contributed by atoms with van der Waals surface area (Å²) >= 11 is 0. The van der Waals surface area contributed by atoms with E-state index in [-0.39, 0.29) is 12.8 Å². The van der Waals surface area contributed by atoms with E-state index in [0.29, 0.717) is 13.1 Å². The van der Waals surface area contributed by atoms with Crippen LogP contribution in [0, 0.1) is 0 Å². The van der Waals surface area contributed by atoms with Gasteiger partial charge in [0.25, 0.3) is 0 Å². The molecule has 106 valence electrons. The number of nitrogens with one attached hydrogen (secondary N) is 2. The zero-order chi connectivity index (χ0) is 13.6. The standard InChI is InChI=1S/C12H24N2O4/c15-11(16)5-9-13-7-3-1-2-4-8-14-10-6-12(17)18/h13-14H,1-10H2,(H,15,16)(H,17,18). The first-order valence-electron chi connectivity index (χ1n) is 6.48. The van der Waals surface area contributed by atoms with Crippen molar-refractivity contribution < 1.29 is 19.8 Å². The molecule has 0 aromatic rings. The lowest BCUT2D eigenvalue weighted by molar-refractivity contribution is -0.137. The van der Waals surface area contributed by atoms with Gasteiger partial charge in [0.05, 0.1) is 12.8 Å².